The van der Waals surface area contributed by atoms with Crippen LogP contribution < -0.4 is 4.72 Å². The summed E-state index contributed by atoms with van der Waals surface area (Å²) in [4.78, 5) is 0. The van der Waals surface area contributed by atoms with Crippen LogP contribution in [-0.2, 0) is 10.0 Å². The Bertz CT molecular complexity index is 763. The van der Waals surface area contributed by atoms with Crippen molar-refractivity contribution in [1.29, 1.82) is 5.26 Å². The molecule has 0 atom stereocenters. The molecule has 0 spiro atoms. The van der Waals surface area contributed by atoms with Crippen LogP contribution in [0.1, 0.15) is 5.56 Å². The zero-order valence-corrected chi connectivity index (χ0v) is 14.0. The quantitative estimate of drug-likeness (QED) is 0.815. The molecular weight excluding hydrogens is 416 g/mol. The largest absolute Gasteiger partial charge is 0.278 e. The highest BCUT2D eigenvalue weighted by Gasteiger charge is 2.20. The third kappa shape index (κ3) is 3.17. The molecule has 0 saturated heterocycles. The van der Waals surface area contributed by atoms with E-state index in [4.69, 9.17) is 5.26 Å². The van der Waals surface area contributed by atoms with Gasteiger partial charge in [0.2, 0.25) is 0 Å². The standard InChI is InChI=1S/C11H6Br2N2O2S2/c12-8-2-1-7(6-14)10(5-8)15-19(16,17)11-9(13)3-4-18-11/h1-5,15H. The van der Waals surface area contributed by atoms with Gasteiger partial charge in [-0.25, -0.2) is 8.42 Å². The molecule has 2 aromatic rings. The summed E-state index contributed by atoms with van der Waals surface area (Å²) in [5.41, 5.74) is 0.511. The molecule has 0 saturated carbocycles. The molecule has 1 heterocycles. The van der Waals surface area contributed by atoms with E-state index in [9.17, 15) is 8.42 Å². The molecule has 0 aliphatic heterocycles. The second-order valence-electron chi connectivity index (χ2n) is 3.46. The Balaban J connectivity index is 2.45. The van der Waals surface area contributed by atoms with E-state index in [0.29, 0.717) is 8.95 Å². The molecule has 19 heavy (non-hydrogen) atoms. The number of hydrogen-bond donors (Lipinski definition) is 1. The van der Waals surface area contributed by atoms with E-state index in [0.717, 1.165) is 11.3 Å². The van der Waals surface area contributed by atoms with E-state index in [1.165, 1.54) is 0 Å². The van der Waals surface area contributed by atoms with Crippen LogP contribution in [0.15, 0.2) is 42.8 Å². The lowest BCUT2D eigenvalue weighted by molar-refractivity contribution is 0.603. The predicted molar refractivity (Wildman–Crippen MR) is 81.7 cm³/mol. The van der Waals surface area contributed by atoms with E-state index in [1.54, 1.807) is 29.6 Å². The number of halogens is 2. The molecule has 98 valence electrons. The van der Waals surface area contributed by atoms with Crippen LogP contribution in [0.3, 0.4) is 0 Å². The Morgan fingerprint density at radius 2 is 2.00 bits per heavy atom. The Hall–Kier alpha value is -0.880. The number of nitrogens with one attached hydrogen (secondary N) is 1. The van der Waals surface area contributed by atoms with Crippen LogP contribution in [0.5, 0.6) is 0 Å². The van der Waals surface area contributed by atoms with Crippen molar-refractivity contribution >= 4 is 58.9 Å². The third-order valence-corrected chi connectivity index (χ3v) is 6.70. The fraction of sp³-hybridized carbons (Fsp3) is 0. The first-order chi connectivity index (χ1) is 8.94. The second-order valence-corrected chi connectivity index (χ2v) is 8.03. The van der Waals surface area contributed by atoms with Crippen molar-refractivity contribution in [2.75, 3.05) is 4.72 Å². The molecule has 0 aliphatic carbocycles. The van der Waals surface area contributed by atoms with E-state index < -0.39 is 10.0 Å². The van der Waals surface area contributed by atoms with Crippen LogP contribution in [0.25, 0.3) is 0 Å². The number of hydrogen-bond acceptors (Lipinski definition) is 4. The summed E-state index contributed by atoms with van der Waals surface area (Å²) in [5, 5.41) is 10.7. The number of benzene rings is 1. The Morgan fingerprint density at radius 1 is 1.26 bits per heavy atom. The van der Waals surface area contributed by atoms with Gasteiger partial charge in [0.25, 0.3) is 10.0 Å². The van der Waals surface area contributed by atoms with E-state index in [1.807, 2.05) is 6.07 Å². The molecule has 1 N–H and O–H groups in total. The van der Waals surface area contributed by atoms with Gasteiger partial charge in [-0.3, -0.25) is 4.72 Å². The van der Waals surface area contributed by atoms with Gasteiger partial charge in [-0.15, -0.1) is 11.3 Å². The first-order valence-corrected chi connectivity index (χ1v) is 8.84. The third-order valence-electron chi connectivity index (χ3n) is 2.17. The first kappa shape index (κ1) is 14.5. The van der Waals surface area contributed by atoms with Crippen LogP contribution in [-0.4, -0.2) is 8.42 Å². The van der Waals surface area contributed by atoms with E-state index in [-0.39, 0.29) is 15.5 Å². The molecule has 8 heteroatoms. The van der Waals surface area contributed by atoms with Crippen LogP contribution in [0, 0.1) is 11.3 Å². The fourth-order valence-corrected chi connectivity index (χ4v) is 5.13. The number of nitrogens with zero attached hydrogens (tertiary/aromatic N) is 1. The van der Waals surface area contributed by atoms with Crippen molar-refractivity contribution in [3.8, 4) is 6.07 Å². The number of anilines is 1. The van der Waals surface area contributed by atoms with Crippen molar-refractivity contribution in [3.05, 3.63) is 44.2 Å². The van der Waals surface area contributed by atoms with Gasteiger partial charge in [0, 0.05) is 8.95 Å². The van der Waals surface area contributed by atoms with Crippen LogP contribution in [0.4, 0.5) is 5.69 Å². The maximum atomic E-state index is 12.2. The lowest BCUT2D eigenvalue weighted by atomic mass is 10.2. The summed E-state index contributed by atoms with van der Waals surface area (Å²) in [6.45, 7) is 0. The van der Waals surface area contributed by atoms with Crippen molar-refractivity contribution < 1.29 is 8.42 Å². The molecular formula is C11H6Br2N2O2S2. The summed E-state index contributed by atoms with van der Waals surface area (Å²) in [6.07, 6.45) is 0. The normalized spacial score (nSPS) is 11.0. The minimum atomic E-state index is -3.70. The van der Waals surface area contributed by atoms with Crippen molar-refractivity contribution in [1.82, 2.24) is 0 Å². The highest BCUT2D eigenvalue weighted by atomic mass is 79.9. The van der Waals surface area contributed by atoms with E-state index in [2.05, 4.69) is 36.6 Å². The van der Waals surface area contributed by atoms with Gasteiger partial charge in [0.05, 0.1) is 11.3 Å². The lowest BCUT2D eigenvalue weighted by Gasteiger charge is -2.08. The Labute approximate surface area is 131 Å². The molecule has 0 bridgehead atoms. The number of sulfonamides is 1. The van der Waals surface area contributed by atoms with Crippen LogP contribution in [0.2, 0.25) is 0 Å². The Morgan fingerprint density at radius 3 is 2.58 bits per heavy atom. The van der Waals surface area contributed by atoms with Gasteiger partial charge in [-0.2, -0.15) is 5.26 Å². The highest BCUT2D eigenvalue weighted by molar-refractivity contribution is 9.10. The highest BCUT2D eigenvalue weighted by Crippen LogP contribution is 2.30. The summed E-state index contributed by atoms with van der Waals surface area (Å²) in [5.74, 6) is 0. The monoisotopic (exact) mass is 420 g/mol. The molecule has 1 aromatic carbocycles. The van der Waals surface area contributed by atoms with E-state index >= 15 is 0 Å². The molecule has 0 amide bonds. The predicted octanol–water partition coefficient (Wildman–Crippen LogP) is 3.95. The van der Waals surface area contributed by atoms with Gasteiger partial charge >= 0.3 is 0 Å². The molecule has 0 fully saturated rings. The van der Waals surface area contributed by atoms with Gasteiger partial charge < -0.3 is 0 Å². The molecule has 1 aromatic heterocycles. The number of rotatable bonds is 3. The summed E-state index contributed by atoms with van der Waals surface area (Å²) in [6, 6.07) is 8.39. The van der Waals surface area contributed by atoms with Crippen molar-refractivity contribution in [2.45, 2.75) is 4.21 Å². The molecule has 2 rings (SSSR count). The number of nitriles is 1. The summed E-state index contributed by atoms with van der Waals surface area (Å²) < 4.78 is 28.2. The lowest BCUT2D eigenvalue weighted by Crippen LogP contribution is -2.13. The van der Waals surface area contributed by atoms with Gasteiger partial charge in [-0.05, 0) is 45.6 Å². The summed E-state index contributed by atoms with van der Waals surface area (Å²) >= 11 is 7.53. The molecule has 0 unspecified atom stereocenters. The van der Waals surface area contributed by atoms with Crippen LogP contribution >= 0.6 is 43.2 Å². The molecule has 0 aliphatic rings. The number of thiophene rings is 1. The minimum absolute atomic E-state index is 0.177. The zero-order chi connectivity index (χ0) is 14.0. The Kier molecular flexibility index (Phi) is 4.30. The zero-order valence-electron chi connectivity index (χ0n) is 9.22. The molecule has 0 radical (unpaired) electrons. The minimum Gasteiger partial charge on any atom is -0.278 e. The average molecular weight is 422 g/mol. The van der Waals surface area contributed by atoms with Gasteiger partial charge in [-0.1, -0.05) is 15.9 Å². The fourth-order valence-electron chi connectivity index (χ4n) is 1.36. The maximum Gasteiger partial charge on any atom is 0.272 e. The average Bonchev–Trinajstić information content (AvgIpc) is 2.76. The van der Waals surface area contributed by atoms with Crippen molar-refractivity contribution in [2.24, 2.45) is 0 Å². The smallest absolute Gasteiger partial charge is 0.272 e. The van der Waals surface area contributed by atoms with Gasteiger partial charge in [0.1, 0.15) is 6.07 Å². The van der Waals surface area contributed by atoms with Gasteiger partial charge in [0.15, 0.2) is 4.21 Å². The van der Waals surface area contributed by atoms with Crippen molar-refractivity contribution in [3.63, 3.8) is 0 Å². The topological polar surface area (TPSA) is 70.0 Å². The SMILES string of the molecule is N#Cc1ccc(Br)cc1NS(=O)(=O)c1sccc1Br. The maximum absolute atomic E-state index is 12.2. The summed E-state index contributed by atoms with van der Waals surface area (Å²) in [7, 11) is -3.70. The molecule has 4 nitrogen and oxygen atoms in total. The first-order valence-electron chi connectivity index (χ1n) is 4.89. The second kappa shape index (κ2) is 5.63.